The summed E-state index contributed by atoms with van der Waals surface area (Å²) in [6, 6.07) is 11.3. The normalized spacial score (nSPS) is 13.7. The number of amidine groups is 2. The molecule has 10 heteroatoms. The van der Waals surface area contributed by atoms with E-state index in [1.165, 1.54) is 26.1 Å². The molecule has 0 aromatic heterocycles. The average molecular weight is 587 g/mol. The Balaban J connectivity index is 0.00000237. The molecule has 3 rings (SSSR count). The zero-order valence-corrected chi connectivity index (χ0v) is 26.9. The quantitative estimate of drug-likeness (QED) is 0.211. The van der Waals surface area contributed by atoms with E-state index in [9.17, 15) is 4.79 Å². The second kappa shape index (κ2) is 19.6. The number of likely N-dealkylation sites (N-methyl/N-ethyl adjacent to an activating group) is 1. The first-order chi connectivity index (χ1) is 19.3. The van der Waals surface area contributed by atoms with E-state index in [4.69, 9.17) is 21.3 Å². The van der Waals surface area contributed by atoms with E-state index in [-0.39, 0.29) is 0 Å². The van der Waals surface area contributed by atoms with Crippen LogP contribution in [0.4, 0.5) is 5.69 Å². The fraction of sp³-hybridized carbons (Fsp3) is 0.333. The summed E-state index contributed by atoms with van der Waals surface area (Å²) in [6.45, 7) is 13.6. The Morgan fingerprint density at radius 2 is 1.77 bits per heavy atom. The molecule has 0 bridgehead atoms. The Kier molecular flexibility index (Phi) is 18.0. The number of nitrogens with zero attached hydrogens (tertiary/aromatic N) is 4. The van der Waals surface area contributed by atoms with E-state index in [0.29, 0.717) is 21.3 Å². The number of anilines is 1. The minimum Gasteiger partial charge on any atom is -0.465 e. The van der Waals surface area contributed by atoms with Crippen molar-refractivity contribution in [2.45, 2.75) is 39.5 Å². The van der Waals surface area contributed by atoms with Gasteiger partial charge in [0.15, 0.2) is 5.84 Å². The highest BCUT2D eigenvalue weighted by Gasteiger charge is 2.23. The maximum atomic E-state index is 12.0. The number of hydrogen-bond acceptors (Lipinski definition) is 8. The van der Waals surface area contributed by atoms with Gasteiger partial charge in [-0.15, -0.1) is 0 Å². The molecule has 0 atom stereocenters. The van der Waals surface area contributed by atoms with Crippen molar-refractivity contribution in [2.75, 3.05) is 40.0 Å². The van der Waals surface area contributed by atoms with Crippen molar-refractivity contribution < 1.29 is 9.53 Å². The van der Waals surface area contributed by atoms with Crippen LogP contribution in [0.3, 0.4) is 0 Å². The highest BCUT2D eigenvalue weighted by molar-refractivity contribution is 8.00. The molecule has 0 unspecified atom stereocenters. The number of rotatable bonds is 6. The number of halogens is 1. The topological polar surface area (TPSA) is 105 Å². The molecule has 1 aliphatic rings. The van der Waals surface area contributed by atoms with Gasteiger partial charge in [0.2, 0.25) is 0 Å². The lowest BCUT2D eigenvalue weighted by molar-refractivity contribution is 0.0600. The summed E-state index contributed by atoms with van der Waals surface area (Å²) >= 11 is 7.77. The van der Waals surface area contributed by atoms with Crippen LogP contribution < -0.4 is 10.5 Å². The average Bonchev–Trinajstić information content (AvgIpc) is 2.99. The fourth-order valence-corrected chi connectivity index (χ4v) is 4.53. The van der Waals surface area contributed by atoms with Crippen molar-refractivity contribution in [3.63, 3.8) is 0 Å². The van der Waals surface area contributed by atoms with E-state index in [1.807, 2.05) is 84.0 Å². The van der Waals surface area contributed by atoms with Gasteiger partial charge in [0.25, 0.3) is 0 Å². The van der Waals surface area contributed by atoms with Crippen molar-refractivity contribution in [1.82, 2.24) is 4.90 Å². The SMILES string of the molecule is C=N/C=C1/C=C(c2cccc(NSc3cccc(C(=O)OC)c3Cl)c2C)C(N(C)C)=NC1=NC.CC.CC.CN. The molecule has 0 radical (unpaired) electrons. The van der Waals surface area contributed by atoms with Crippen molar-refractivity contribution in [3.05, 3.63) is 76.0 Å². The van der Waals surface area contributed by atoms with Crippen LogP contribution in [0, 0.1) is 6.92 Å². The molecule has 2 aromatic rings. The summed E-state index contributed by atoms with van der Waals surface area (Å²) in [7, 11) is 8.43. The van der Waals surface area contributed by atoms with Crippen molar-refractivity contribution in [2.24, 2.45) is 20.7 Å². The summed E-state index contributed by atoms with van der Waals surface area (Å²) in [5.74, 6) is 0.921. The molecule has 0 saturated heterocycles. The third kappa shape index (κ3) is 9.36. The van der Waals surface area contributed by atoms with Gasteiger partial charge in [-0.3, -0.25) is 9.98 Å². The lowest BCUT2D eigenvalue weighted by Crippen LogP contribution is -2.28. The van der Waals surface area contributed by atoms with E-state index in [1.54, 1.807) is 25.4 Å². The zero-order chi connectivity index (χ0) is 30.8. The Morgan fingerprint density at radius 3 is 2.33 bits per heavy atom. The number of carbonyl (C=O) groups excluding carboxylic acids is 1. The number of methoxy groups -OCH3 is 1. The number of aliphatic imine (C=N–C) groups is 3. The molecule has 0 aliphatic carbocycles. The van der Waals surface area contributed by atoms with Crippen molar-refractivity contribution >= 4 is 59.2 Å². The zero-order valence-electron chi connectivity index (χ0n) is 25.3. The minimum absolute atomic E-state index is 0.323. The van der Waals surface area contributed by atoms with Gasteiger partial charge in [-0.05, 0) is 68.0 Å². The summed E-state index contributed by atoms with van der Waals surface area (Å²) in [6.07, 6.45) is 3.68. The van der Waals surface area contributed by atoms with Crippen LogP contribution in [0.5, 0.6) is 0 Å². The van der Waals surface area contributed by atoms with Gasteiger partial charge >= 0.3 is 5.97 Å². The fourth-order valence-electron chi connectivity index (χ4n) is 3.43. The lowest BCUT2D eigenvalue weighted by Gasteiger charge is -2.25. The van der Waals surface area contributed by atoms with Crippen LogP contribution in [-0.2, 0) is 4.74 Å². The molecular formula is C30H43ClN6O2S. The van der Waals surface area contributed by atoms with Gasteiger partial charge in [0, 0.05) is 49.1 Å². The Hall–Kier alpha value is -3.40. The van der Waals surface area contributed by atoms with Crippen LogP contribution in [0.1, 0.15) is 49.2 Å². The van der Waals surface area contributed by atoms with E-state index in [0.717, 1.165) is 33.8 Å². The molecule has 218 valence electrons. The molecule has 2 aromatic carbocycles. The highest BCUT2D eigenvalue weighted by atomic mass is 35.5. The van der Waals surface area contributed by atoms with Crippen LogP contribution in [0.2, 0.25) is 5.02 Å². The Bertz CT molecular complexity index is 1250. The summed E-state index contributed by atoms with van der Waals surface area (Å²) in [5.41, 5.74) is 9.50. The molecule has 0 saturated carbocycles. The number of benzene rings is 2. The van der Waals surface area contributed by atoms with E-state index >= 15 is 0 Å². The molecule has 0 spiro atoms. The summed E-state index contributed by atoms with van der Waals surface area (Å²) in [5, 5.41) is 0.343. The predicted molar refractivity (Wildman–Crippen MR) is 176 cm³/mol. The largest absolute Gasteiger partial charge is 0.465 e. The van der Waals surface area contributed by atoms with Gasteiger partial charge in [-0.2, -0.15) is 0 Å². The maximum Gasteiger partial charge on any atom is 0.339 e. The van der Waals surface area contributed by atoms with Crippen LogP contribution in [0.25, 0.3) is 5.57 Å². The molecule has 1 aliphatic heterocycles. The molecule has 40 heavy (non-hydrogen) atoms. The molecule has 1 heterocycles. The number of nitrogens with one attached hydrogen (secondary N) is 1. The smallest absolute Gasteiger partial charge is 0.339 e. The maximum absolute atomic E-state index is 12.0. The van der Waals surface area contributed by atoms with Crippen LogP contribution in [0.15, 0.2) is 74.1 Å². The van der Waals surface area contributed by atoms with Gasteiger partial charge in [-0.1, -0.05) is 57.5 Å². The standard InChI is InChI=1S/C25H26ClN5O2S.2C2H6.CH5N/c1-15-17(19-13-16(14-27-2)23(28-3)29-24(19)31(4)5)9-7-11-20(15)30-34-21-12-8-10-18(22(21)26)25(32)33-6;3*1-2/h7-14,30H,2H2,1,3-6H3;2*1-2H3;2H2,1H3/b16-14-,28-23?;;;. The second-order valence-corrected chi connectivity index (χ2v) is 8.72. The Morgan fingerprint density at radius 1 is 1.15 bits per heavy atom. The van der Waals surface area contributed by atoms with Crippen molar-refractivity contribution in [3.8, 4) is 0 Å². The highest BCUT2D eigenvalue weighted by Crippen LogP contribution is 2.35. The first-order valence-electron chi connectivity index (χ1n) is 12.9. The second-order valence-electron chi connectivity index (χ2n) is 7.49. The molecular weight excluding hydrogens is 544 g/mol. The number of nitrogens with two attached hydrogens (primary N) is 1. The first-order valence-corrected chi connectivity index (χ1v) is 14.1. The van der Waals surface area contributed by atoms with E-state index in [2.05, 4.69) is 27.2 Å². The number of ether oxygens (including phenoxy) is 1. The van der Waals surface area contributed by atoms with Gasteiger partial charge < -0.3 is 20.1 Å². The number of hydrogen-bond donors (Lipinski definition) is 2. The third-order valence-corrected chi connectivity index (χ3v) is 6.54. The van der Waals surface area contributed by atoms with Crippen LogP contribution >= 0.6 is 23.5 Å². The predicted octanol–water partition coefficient (Wildman–Crippen LogP) is 7.15. The number of dihydropyridines is 1. The minimum atomic E-state index is -0.474. The van der Waals surface area contributed by atoms with Gasteiger partial charge in [0.1, 0.15) is 5.84 Å². The first kappa shape index (κ1) is 36.6. The summed E-state index contributed by atoms with van der Waals surface area (Å²) in [4.78, 5) is 27.6. The van der Waals surface area contributed by atoms with E-state index < -0.39 is 5.97 Å². The molecule has 3 N–H and O–H groups in total. The van der Waals surface area contributed by atoms with Crippen LogP contribution in [-0.4, -0.2) is 64.6 Å². The molecule has 8 nitrogen and oxygen atoms in total. The third-order valence-electron chi connectivity index (χ3n) is 5.14. The Labute approximate surface area is 249 Å². The van der Waals surface area contributed by atoms with Gasteiger partial charge in [0.05, 0.1) is 17.7 Å². The van der Waals surface area contributed by atoms with Crippen molar-refractivity contribution in [1.29, 1.82) is 0 Å². The lowest BCUT2D eigenvalue weighted by atomic mass is 9.94. The molecule has 0 amide bonds. The monoisotopic (exact) mass is 586 g/mol. The molecule has 0 fully saturated rings. The summed E-state index contributed by atoms with van der Waals surface area (Å²) < 4.78 is 8.18. The number of esters is 1. The van der Waals surface area contributed by atoms with Gasteiger partial charge in [-0.25, -0.2) is 9.79 Å². The number of carbonyl (C=O) groups is 1.